The third-order valence-corrected chi connectivity index (χ3v) is 12.2. The molecular formula is C29H34O10. The molecular weight excluding hydrogens is 508 g/mol. The maximum Gasteiger partial charge on any atom is 0.309 e. The van der Waals surface area contributed by atoms with Crippen molar-refractivity contribution < 1.29 is 47.6 Å². The number of fused-ring (bicyclic) bond motifs is 2. The Morgan fingerprint density at radius 1 is 1.21 bits per heavy atom. The number of ketones is 1. The van der Waals surface area contributed by atoms with Crippen LogP contribution in [0.1, 0.15) is 71.5 Å². The van der Waals surface area contributed by atoms with Crippen molar-refractivity contribution in [1.82, 2.24) is 0 Å². The summed E-state index contributed by atoms with van der Waals surface area (Å²) in [5.41, 5.74) is -6.76. The Kier molecular flexibility index (Phi) is 4.62. The molecule has 11 atom stereocenters. The van der Waals surface area contributed by atoms with Gasteiger partial charge in [-0.05, 0) is 24.8 Å². The molecule has 4 aliphatic carbocycles. The molecule has 3 heterocycles. The van der Waals surface area contributed by atoms with Crippen LogP contribution in [0.4, 0.5) is 0 Å². The quantitative estimate of drug-likeness (QED) is 0.446. The third-order valence-electron chi connectivity index (χ3n) is 12.2. The molecule has 2 aliphatic heterocycles. The summed E-state index contributed by atoms with van der Waals surface area (Å²) in [5.74, 6) is -3.76. The van der Waals surface area contributed by atoms with Gasteiger partial charge >= 0.3 is 17.9 Å². The molecule has 10 heteroatoms. The lowest BCUT2D eigenvalue weighted by Crippen LogP contribution is -2.72. The zero-order valence-corrected chi connectivity index (χ0v) is 22.8. The Balaban J connectivity index is 1.51. The largest absolute Gasteiger partial charge is 0.472 e. The van der Waals surface area contributed by atoms with Crippen LogP contribution in [0.3, 0.4) is 0 Å². The van der Waals surface area contributed by atoms with Crippen molar-refractivity contribution in [2.45, 2.75) is 88.8 Å². The van der Waals surface area contributed by atoms with Crippen LogP contribution in [-0.2, 0) is 38.1 Å². The van der Waals surface area contributed by atoms with Gasteiger partial charge in [0.05, 0.1) is 32.0 Å². The predicted octanol–water partition coefficient (Wildman–Crippen LogP) is 2.66. The van der Waals surface area contributed by atoms with Crippen molar-refractivity contribution >= 4 is 23.7 Å². The number of methoxy groups -OCH3 is 1. The van der Waals surface area contributed by atoms with Crippen molar-refractivity contribution in [3.63, 3.8) is 0 Å². The first kappa shape index (κ1) is 25.3. The van der Waals surface area contributed by atoms with E-state index < -0.39 is 80.9 Å². The van der Waals surface area contributed by atoms with E-state index in [1.807, 2.05) is 20.8 Å². The van der Waals surface area contributed by atoms with Crippen LogP contribution in [0.2, 0.25) is 0 Å². The van der Waals surface area contributed by atoms with Gasteiger partial charge in [0.25, 0.3) is 0 Å². The Morgan fingerprint density at radius 2 is 1.95 bits per heavy atom. The monoisotopic (exact) mass is 542 g/mol. The smallest absolute Gasteiger partial charge is 0.309 e. The summed E-state index contributed by atoms with van der Waals surface area (Å²) in [5, 5.41) is 13.2. The highest BCUT2D eigenvalue weighted by molar-refractivity contribution is 5.94. The van der Waals surface area contributed by atoms with Crippen molar-refractivity contribution in [1.29, 1.82) is 0 Å². The summed E-state index contributed by atoms with van der Waals surface area (Å²) in [6.45, 7) is 7.04. The number of esters is 3. The fourth-order valence-electron chi connectivity index (χ4n) is 11.0. The van der Waals surface area contributed by atoms with Gasteiger partial charge in [-0.1, -0.05) is 20.8 Å². The van der Waals surface area contributed by atoms with Gasteiger partial charge in [-0.3, -0.25) is 19.2 Å². The molecule has 10 nitrogen and oxygen atoms in total. The van der Waals surface area contributed by atoms with E-state index >= 15 is 0 Å². The topological polar surface area (TPSA) is 139 Å². The Morgan fingerprint density at radius 3 is 2.59 bits per heavy atom. The Bertz CT molecular complexity index is 1320. The molecule has 1 aromatic heterocycles. The fourth-order valence-corrected chi connectivity index (χ4v) is 11.0. The number of ether oxygens (including phenoxy) is 4. The van der Waals surface area contributed by atoms with Gasteiger partial charge in [0, 0.05) is 47.5 Å². The van der Waals surface area contributed by atoms with Crippen molar-refractivity contribution in [2.75, 3.05) is 7.11 Å². The second-order valence-corrected chi connectivity index (χ2v) is 13.3. The van der Waals surface area contributed by atoms with Crippen molar-refractivity contribution in [2.24, 2.45) is 34.0 Å². The van der Waals surface area contributed by atoms with Crippen LogP contribution in [0.15, 0.2) is 23.0 Å². The average Bonchev–Trinajstić information content (AvgIpc) is 3.55. The maximum absolute atomic E-state index is 14.4. The standard InChI is InChI=1S/C29H34O10/c1-14(30)38-27-13-24(2)17(10-18(31)35-5)26(27,4)16-6-8-25(3)23(15-7-9-36-12-15)37-19(32)11-28(25)29(16,34)21(27)20(39-28)22(24)33/h7,9,12,16-17,20-21,23,34H,6,8,10-11,13H2,1-5H3. The van der Waals surface area contributed by atoms with Gasteiger partial charge in [-0.15, -0.1) is 0 Å². The highest BCUT2D eigenvalue weighted by atomic mass is 16.6. The number of Topliss-reactive ketones (excluding diaryl/α,β-unsaturated/α-hetero) is 1. The van der Waals surface area contributed by atoms with Gasteiger partial charge in [0.2, 0.25) is 0 Å². The van der Waals surface area contributed by atoms with Gasteiger partial charge in [0.1, 0.15) is 29.0 Å². The molecule has 0 amide bonds. The van der Waals surface area contributed by atoms with E-state index in [0.29, 0.717) is 18.4 Å². The number of hydrogen-bond acceptors (Lipinski definition) is 10. The van der Waals surface area contributed by atoms with E-state index in [1.165, 1.54) is 26.6 Å². The van der Waals surface area contributed by atoms with Crippen LogP contribution in [0, 0.1) is 34.0 Å². The van der Waals surface area contributed by atoms with E-state index in [0.717, 1.165) is 0 Å². The Hall–Kier alpha value is -2.72. The number of rotatable bonds is 4. The van der Waals surface area contributed by atoms with Crippen LogP contribution in [0.5, 0.6) is 0 Å². The first-order valence-electron chi connectivity index (χ1n) is 13.7. The second kappa shape index (κ2) is 7.13. The van der Waals surface area contributed by atoms with E-state index in [2.05, 4.69) is 0 Å². The van der Waals surface area contributed by atoms with Gasteiger partial charge < -0.3 is 28.5 Å². The molecule has 2 bridgehead atoms. The lowest BCUT2D eigenvalue weighted by Gasteiger charge is -2.63. The molecule has 1 aromatic rings. The number of hydrogen-bond donors (Lipinski definition) is 1. The number of cyclic esters (lactones) is 1. The van der Waals surface area contributed by atoms with Crippen molar-refractivity contribution in [3.05, 3.63) is 24.2 Å². The predicted molar refractivity (Wildman–Crippen MR) is 129 cm³/mol. The minimum atomic E-state index is -1.71. The number of furan rings is 1. The fraction of sp³-hybridized carbons (Fsp3) is 0.724. The molecule has 210 valence electrons. The molecule has 1 spiro atoms. The van der Waals surface area contributed by atoms with E-state index in [-0.39, 0.29) is 25.0 Å². The summed E-state index contributed by atoms with van der Waals surface area (Å²) >= 11 is 0. The SMILES string of the molecule is COC(=O)CC1C2(C)CC3(OC(C)=O)C4C(OC56CC(=O)OC(c7ccoc7)C5(C)CCC(C13C)C46O)C2=O. The van der Waals surface area contributed by atoms with E-state index in [9.17, 15) is 24.3 Å². The average molecular weight is 543 g/mol. The minimum absolute atomic E-state index is 0.0613. The first-order valence-corrected chi connectivity index (χ1v) is 13.7. The van der Waals surface area contributed by atoms with E-state index in [1.54, 1.807) is 6.07 Å². The zero-order valence-electron chi connectivity index (χ0n) is 22.8. The highest BCUT2D eigenvalue weighted by Crippen LogP contribution is 2.86. The van der Waals surface area contributed by atoms with Crippen LogP contribution in [0.25, 0.3) is 0 Å². The molecule has 4 saturated carbocycles. The second-order valence-electron chi connectivity index (χ2n) is 13.3. The normalized spacial score (nSPS) is 52.3. The molecule has 6 fully saturated rings. The van der Waals surface area contributed by atoms with Crippen molar-refractivity contribution in [3.8, 4) is 0 Å². The number of carbonyl (C=O) groups excluding carboxylic acids is 4. The molecule has 2 saturated heterocycles. The molecule has 1 N–H and O–H groups in total. The molecule has 0 aromatic carbocycles. The molecule has 7 rings (SSSR count). The van der Waals surface area contributed by atoms with Gasteiger partial charge in [-0.25, -0.2) is 0 Å². The number of aliphatic hydroxyl groups is 1. The Labute approximate surface area is 225 Å². The lowest BCUT2D eigenvalue weighted by molar-refractivity contribution is -0.294. The molecule has 0 radical (unpaired) electrons. The van der Waals surface area contributed by atoms with Crippen LogP contribution in [-0.4, -0.2) is 58.8 Å². The summed E-state index contributed by atoms with van der Waals surface area (Å²) in [6, 6.07) is 1.73. The first-order chi connectivity index (χ1) is 18.3. The minimum Gasteiger partial charge on any atom is -0.472 e. The van der Waals surface area contributed by atoms with Crippen LogP contribution >= 0.6 is 0 Å². The summed E-state index contributed by atoms with van der Waals surface area (Å²) in [4.78, 5) is 53.3. The maximum atomic E-state index is 14.4. The molecule has 39 heavy (non-hydrogen) atoms. The van der Waals surface area contributed by atoms with Gasteiger partial charge in [-0.2, -0.15) is 0 Å². The number of carbonyl (C=O) groups is 4. The van der Waals surface area contributed by atoms with Gasteiger partial charge in [0.15, 0.2) is 5.78 Å². The van der Waals surface area contributed by atoms with Crippen LogP contribution < -0.4 is 0 Å². The zero-order chi connectivity index (χ0) is 28.0. The lowest BCUT2D eigenvalue weighted by atomic mass is 9.45. The summed E-state index contributed by atoms with van der Waals surface area (Å²) < 4.78 is 29.4. The molecule has 6 aliphatic rings. The summed E-state index contributed by atoms with van der Waals surface area (Å²) in [7, 11) is 1.31. The van der Waals surface area contributed by atoms with E-state index in [4.69, 9.17) is 23.4 Å². The summed E-state index contributed by atoms with van der Waals surface area (Å²) in [6.07, 6.45) is 2.00. The third kappa shape index (κ3) is 2.37. The highest BCUT2D eigenvalue weighted by Gasteiger charge is 2.96. The molecule has 11 unspecified atom stereocenters.